The van der Waals surface area contributed by atoms with Gasteiger partial charge in [0.25, 0.3) is 0 Å². The Kier molecular flexibility index (Phi) is 4.04. The molecule has 1 aliphatic heterocycles. The maximum absolute atomic E-state index is 5.66. The number of nitrogens with zero attached hydrogens (tertiary/aromatic N) is 2. The van der Waals surface area contributed by atoms with Crippen LogP contribution in [0.4, 0.5) is 5.69 Å². The van der Waals surface area contributed by atoms with Crippen molar-refractivity contribution >= 4 is 5.69 Å². The van der Waals surface area contributed by atoms with E-state index in [4.69, 9.17) is 5.73 Å². The van der Waals surface area contributed by atoms with E-state index in [-0.39, 0.29) is 0 Å². The van der Waals surface area contributed by atoms with E-state index in [0.717, 1.165) is 13.2 Å². The van der Waals surface area contributed by atoms with Gasteiger partial charge in [0.05, 0.1) is 6.67 Å². The highest BCUT2D eigenvalue weighted by atomic mass is 15.3. The van der Waals surface area contributed by atoms with Crippen LogP contribution in [0.2, 0.25) is 0 Å². The lowest BCUT2D eigenvalue weighted by molar-refractivity contribution is 0.396. The lowest BCUT2D eigenvalue weighted by Gasteiger charge is -2.21. The van der Waals surface area contributed by atoms with Crippen molar-refractivity contribution in [2.45, 2.75) is 26.3 Å². The minimum Gasteiger partial charge on any atom is -0.358 e. The second-order valence-corrected chi connectivity index (χ2v) is 4.45. The number of hydrogen-bond donors (Lipinski definition) is 1. The van der Waals surface area contributed by atoms with Gasteiger partial charge in [0.15, 0.2) is 0 Å². The number of rotatable bonds is 5. The summed E-state index contributed by atoms with van der Waals surface area (Å²) >= 11 is 0. The number of unbranched alkanes of at least 4 members (excludes halogenated alkanes) is 1. The van der Waals surface area contributed by atoms with Crippen LogP contribution >= 0.6 is 0 Å². The van der Waals surface area contributed by atoms with Crippen molar-refractivity contribution in [1.82, 2.24) is 4.90 Å². The zero-order valence-electron chi connectivity index (χ0n) is 10.5. The summed E-state index contributed by atoms with van der Waals surface area (Å²) in [7, 11) is 0. The largest absolute Gasteiger partial charge is 0.358 e. The Labute approximate surface area is 104 Å². The van der Waals surface area contributed by atoms with Gasteiger partial charge >= 0.3 is 0 Å². The number of anilines is 1. The minimum atomic E-state index is 0.602. The van der Waals surface area contributed by atoms with E-state index in [1.807, 2.05) is 0 Å². The smallest absolute Gasteiger partial charge is 0.0941 e. The summed E-state index contributed by atoms with van der Waals surface area (Å²) in [5.74, 6) is 0. The molecule has 0 amide bonds. The SMILES string of the molecule is CCCCN1C=CN(c2cccc(CN)c2)C1. The standard InChI is InChI=1S/C14H21N3/c1-2-3-7-16-8-9-17(12-16)14-6-4-5-13(10-14)11-15/h4-6,8-10H,2-3,7,11-12,15H2,1H3. The Bertz CT molecular complexity index is 387. The lowest BCUT2D eigenvalue weighted by Crippen LogP contribution is -2.25. The minimum absolute atomic E-state index is 0.602. The van der Waals surface area contributed by atoms with E-state index < -0.39 is 0 Å². The molecule has 2 N–H and O–H groups in total. The maximum atomic E-state index is 5.66. The van der Waals surface area contributed by atoms with E-state index in [1.54, 1.807) is 0 Å². The van der Waals surface area contributed by atoms with Gasteiger partial charge in [-0.2, -0.15) is 0 Å². The topological polar surface area (TPSA) is 32.5 Å². The first-order valence-electron chi connectivity index (χ1n) is 6.31. The average Bonchev–Trinajstić information content (AvgIpc) is 2.85. The van der Waals surface area contributed by atoms with Gasteiger partial charge in [0, 0.05) is 31.2 Å². The van der Waals surface area contributed by atoms with Crippen molar-refractivity contribution in [3.63, 3.8) is 0 Å². The first-order chi connectivity index (χ1) is 8.33. The molecule has 1 aromatic rings. The lowest BCUT2D eigenvalue weighted by atomic mass is 10.2. The van der Waals surface area contributed by atoms with E-state index in [2.05, 4.69) is 53.4 Å². The van der Waals surface area contributed by atoms with Crippen LogP contribution in [0.25, 0.3) is 0 Å². The molecule has 0 saturated heterocycles. The molecule has 3 nitrogen and oxygen atoms in total. The second kappa shape index (κ2) is 5.73. The predicted molar refractivity (Wildman–Crippen MR) is 72.4 cm³/mol. The number of benzene rings is 1. The van der Waals surface area contributed by atoms with Gasteiger partial charge in [-0.1, -0.05) is 25.5 Å². The molecule has 0 atom stereocenters. The highest BCUT2D eigenvalue weighted by Gasteiger charge is 2.13. The highest BCUT2D eigenvalue weighted by molar-refractivity contribution is 5.52. The molecule has 2 rings (SSSR count). The van der Waals surface area contributed by atoms with Gasteiger partial charge < -0.3 is 15.5 Å². The van der Waals surface area contributed by atoms with Gasteiger partial charge in [-0.05, 0) is 24.1 Å². The molecule has 1 aliphatic rings. The Hall–Kier alpha value is -1.48. The van der Waals surface area contributed by atoms with Crippen LogP contribution in [-0.2, 0) is 6.54 Å². The summed E-state index contributed by atoms with van der Waals surface area (Å²) < 4.78 is 0. The van der Waals surface area contributed by atoms with Crippen LogP contribution in [0.3, 0.4) is 0 Å². The van der Waals surface area contributed by atoms with Crippen LogP contribution in [0, 0.1) is 0 Å². The molecule has 0 aliphatic carbocycles. The summed E-state index contributed by atoms with van der Waals surface area (Å²) in [5, 5.41) is 0. The van der Waals surface area contributed by atoms with Crippen molar-refractivity contribution in [3.05, 3.63) is 42.2 Å². The monoisotopic (exact) mass is 231 g/mol. The van der Waals surface area contributed by atoms with Crippen LogP contribution < -0.4 is 10.6 Å². The molecule has 1 heterocycles. The van der Waals surface area contributed by atoms with E-state index in [1.165, 1.54) is 24.1 Å². The fraction of sp³-hybridized carbons (Fsp3) is 0.429. The van der Waals surface area contributed by atoms with E-state index in [9.17, 15) is 0 Å². The normalized spacial score (nSPS) is 14.7. The maximum Gasteiger partial charge on any atom is 0.0941 e. The fourth-order valence-electron chi connectivity index (χ4n) is 2.00. The zero-order valence-corrected chi connectivity index (χ0v) is 10.5. The fourth-order valence-corrected chi connectivity index (χ4v) is 2.00. The Balaban J connectivity index is 1.98. The summed E-state index contributed by atoms with van der Waals surface area (Å²) in [6.07, 6.45) is 6.81. The average molecular weight is 231 g/mol. The van der Waals surface area contributed by atoms with Crippen molar-refractivity contribution in [1.29, 1.82) is 0 Å². The molecule has 0 unspecified atom stereocenters. The Morgan fingerprint density at radius 1 is 1.29 bits per heavy atom. The third-order valence-electron chi connectivity index (χ3n) is 3.07. The predicted octanol–water partition coefficient (Wildman–Crippen LogP) is 2.50. The molecule has 17 heavy (non-hydrogen) atoms. The third kappa shape index (κ3) is 3.01. The van der Waals surface area contributed by atoms with Crippen LogP contribution in [-0.4, -0.2) is 18.1 Å². The van der Waals surface area contributed by atoms with Gasteiger partial charge in [0.1, 0.15) is 0 Å². The number of nitrogens with two attached hydrogens (primary N) is 1. The molecule has 0 aromatic heterocycles. The van der Waals surface area contributed by atoms with Crippen molar-refractivity contribution < 1.29 is 0 Å². The van der Waals surface area contributed by atoms with Crippen LogP contribution in [0.5, 0.6) is 0 Å². The molecular weight excluding hydrogens is 210 g/mol. The molecule has 0 bridgehead atoms. The van der Waals surface area contributed by atoms with Crippen molar-refractivity contribution in [2.24, 2.45) is 5.73 Å². The summed E-state index contributed by atoms with van der Waals surface area (Å²) in [4.78, 5) is 4.60. The molecule has 0 radical (unpaired) electrons. The third-order valence-corrected chi connectivity index (χ3v) is 3.07. The van der Waals surface area contributed by atoms with Gasteiger partial charge in [-0.25, -0.2) is 0 Å². The Morgan fingerprint density at radius 3 is 2.94 bits per heavy atom. The van der Waals surface area contributed by atoms with Crippen LogP contribution in [0.1, 0.15) is 25.3 Å². The first kappa shape index (κ1) is 12.0. The molecular formula is C14H21N3. The van der Waals surface area contributed by atoms with Gasteiger partial charge in [-0.3, -0.25) is 0 Å². The second-order valence-electron chi connectivity index (χ2n) is 4.45. The molecule has 1 aromatic carbocycles. The van der Waals surface area contributed by atoms with Gasteiger partial charge in [0.2, 0.25) is 0 Å². The number of hydrogen-bond acceptors (Lipinski definition) is 3. The quantitative estimate of drug-likeness (QED) is 0.845. The van der Waals surface area contributed by atoms with Crippen molar-refractivity contribution in [2.75, 3.05) is 18.1 Å². The summed E-state index contributed by atoms with van der Waals surface area (Å²) in [6, 6.07) is 8.43. The molecule has 0 saturated carbocycles. The molecule has 92 valence electrons. The van der Waals surface area contributed by atoms with Crippen molar-refractivity contribution in [3.8, 4) is 0 Å². The summed E-state index contributed by atoms with van der Waals surface area (Å²) in [6.45, 7) is 4.92. The Morgan fingerprint density at radius 2 is 2.18 bits per heavy atom. The molecule has 0 spiro atoms. The van der Waals surface area contributed by atoms with Crippen LogP contribution in [0.15, 0.2) is 36.7 Å². The van der Waals surface area contributed by atoms with E-state index in [0.29, 0.717) is 6.54 Å². The molecule has 3 heteroatoms. The summed E-state index contributed by atoms with van der Waals surface area (Å²) in [5.41, 5.74) is 8.07. The van der Waals surface area contributed by atoms with E-state index >= 15 is 0 Å². The highest BCUT2D eigenvalue weighted by Crippen LogP contribution is 2.20. The zero-order chi connectivity index (χ0) is 12.1. The first-order valence-corrected chi connectivity index (χ1v) is 6.31. The van der Waals surface area contributed by atoms with Gasteiger partial charge in [-0.15, -0.1) is 0 Å². The molecule has 0 fully saturated rings.